The fourth-order valence-corrected chi connectivity index (χ4v) is 4.15. The van der Waals surface area contributed by atoms with Crippen LogP contribution in [0, 0.1) is 0 Å². The number of fused-ring (bicyclic) bond motifs is 1. The molecule has 0 saturated carbocycles. The molecule has 0 saturated heterocycles. The molecule has 1 aliphatic heterocycles. The van der Waals surface area contributed by atoms with E-state index >= 15 is 0 Å². The zero-order valence-electron chi connectivity index (χ0n) is 19.4. The van der Waals surface area contributed by atoms with Gasteiger partial charge in [-0.2, -0.15) is 0 Å². The molecule has 0 aliphatic carbocycles. The van der Waals surface area contributed by atoms with E-state index in [1.54, 1.807) is 53.4 Å². The van der Waals surface area contributed by atoms with Gasteiger partial charge in [0.2, 0.25) is 6.79 Å². The second-order valence-electron chi connectivity index (χ2n) is 8.32. The van der Waals surface area contributed by atoms with Crippen LogP contribution in [-0.2, 0) is 19.6 Å². The Labute approximate surface area is 222 Å². The average Bonchev–Trinajstić information content (AvgIpc) is 3.58. The highest BCUT2D eigenvalue weighted by atomic mass is 35.5. The quantitative estimate of drug-likeness (QED) is 0.319. The number of benzene rings is 3. The summed E-state index contributed by atoms with van der Waals surface area (Å²) in [5, 5.41) is 7.53. The van der Waals surface area contributed by atoms with E-state index in [1.165, 1.54) is 6.07 Å². The van der Waals surface area contributed by atoms with Gasteiger partial charge in [0.05, 0.1) is 16.6 Å². The molecule has 2 amide bonds. The predicted molar refractivity (Wildman–Crippen MR) is 137 cm³/mol. The minimum absolute atomic E-state index is 0.0937. The van der Waals surface area contributed by atoms with E-state index < -0.39 is 5.91 Å². The van der Waals surface area contributed by atoms with E-state index in [2.05, 4.69) is 10.5 Å². The predicted octanol–water partition coefficient (Wildman–Crippen LogP) is 5.48. The molecule has 0 radical (unpaired) electrons. The highest BCUT2D eigenvalue weighted by Gasteiger charge is 2.21. The molecule has 1 aliphatic rings. The average molecular weight is 538 g/mol. The fourth-order valence-electron chi connectivity index (χ4n) is 3.83. The Kier molecular flexibility index (Phi) is 7.30. The number of carbonyl (C=O) groups excluding carboxylic acids is 2. The molecule has 2 heterocycles. The number of ether oxygens (including phenoxy) is 2. The van der Waals surface area contributed by atoms with Crippen molar-refractivity contribution in [3.63, 3.8) is 0 Å². The summed E-state index contributed by atoms with van der Waals surface area (Å²) in [6.45, 7) is 0.794. The molecule has 188 valence electrons. The molecule has 0 unspecified atom stereocenters. The first kappa shape index (κ1) is 24.7. The Bertz CT molecular complexity index is 1440. The van der Waals surface area contributed by atoms with Gasteiger partial charge in [-0.05, 0) is 47.5 Å². The maximum Gasteiger partial charge on any atom is 0.273 e. The van der Waals surface area contributed by atoms with Gasteiger partial charge in [0, 0.05) is 24.7 Å². The Balaban J connectivity index is 1.28. The molecule has 10 heteroatoms. The van der Waals surface area contributed by atoms with Gasteiger partial charge in [-0.1, -0.05) is 58.7 Å². The largest absolute Gasteiger partial charge is 0.454 e. The SMILES string of the molecule is O=C(NCc1ccc2c(c1)OCO2)c1cc(CN(Cc2ccc(Cl)c(Cl)c2)C(=O)c2ccccc2)on1. The van der Waals surface area contributed by atoms with Gasteiger partial charge in [-0.3, -0.25) is 9.59 Å². The van der Waals surface area contributed by atoms with Gasteiger partial charge in [-0.15, -0.1) is 0 Å². The summed E-state index contributed by atoms with van der Waals surface area (Å²) in [6, 6.07) is 21.1. The van der Waals surface area contributed by atoms with E-state index in [0.29, 0.717) is 32.9 Å². The van der Waals surface area contributed by atoms with Crippen LogP contribution in [0.15, 0.2) is 77.3 Å². The first-order valence-corrected chi connectivity index (χ1v) is 12.1. The lowest BCUT2D eigenvalue weighted by Crippen LogP contribution is -2.30. The number of carbonyl (C=O) groups is 2. The molecule has 1 N–H and O–H groups in total. The molecule has 0 bridgehead atoms. The van der Waals surface area contributed by atoms with E-state index in [9.17, 15) is 9.59 Å². The van der Waals surface area contributed by atoms with Crippen LogP contribution in [0.5, 0.6) is 11.5 Å². The Hall–Kier alpha value is -4.01. The lowest BCUT2D eigenvalue weighted by atomic mass is 10.1. The van der Waals surface area contributed by atoms with Gasteiger partial charge in [0.1, 0.15) is 0 Å². The smallest absolute Gasteiger partial charge is 0.273 e. The van der Waals surface area contributed by atoms with Gasteiger partial charge < -0.3 is 24.2 Å². The summed E-state index contributed by atoms with van der Waals surface area (Å²) in [5.41, 5.74) is 2.27. The summed E-state index contributed by atoms with van der Waals surface area (Å²) in [6.07, 6.45) is 0. The number of nitrogens with one attached hydrogen (secondary N) is 1. The van der Waals surface area contributed by atoms with Crippen LogP contribution in [0.2, 0.25) is 10.0 Å². The maximum atomic E-state index is 13.3. The van der Waals surface area contributed by atoms with Crippen molar-refractivity contribution in [2.45, 2.75) is 19.6 Å². The molecule has 37 heavy (non-hydrogen) atoms. The van der Waals surface area contributed by atoms with Crippen LogP contribution >= 0.6 is 23.2 Å². The standard InChI is InChI=1S/C27H21Cl2N3O5/c28-21-8-6-18(10-22(21)29)14-32(27(34)19-4-2-1-3-5-19)15-20-12-23(31-37-20)26(33)30-13-17-7-9-24-25(11-17)36-16-35-24/h1-12H,13-16H2,(H,30,33). The molecule has 0 fully saturated rings. The van der Waals surface area contributed by atoms with Crippen LogP contribution in [-0.4, -0.2) is 28.7 Å². The van der Waals surface area contributed by atoms with Crippen LogP contribution in [0.4, 0.5) is 0 Å². The fraction of sp³-hybridized carbons (Fsp3) is 0.148. The molecule has 0 atom stereocenters. The first-order valence-electron chi connectivity index (χ1n) is 11.4. The minimum Gasteiger partial charge on any atom is -0.454 e. The maximum absolute atomic E-state index is 13.3. The van der Waals surface area contributed by atoms with Gasteiger partial charge >= 0.3 is 0 Å². The van der Waals surface area contributed by atoms with Gasteiger partial charge in [0.25, 0.3) is 11.8 Å². The highest BCUT2D eigenvalue weighted by Crippen LogP contribution is 2.32. The monoisotopic (exact) mass is 537 g/mol. The summed E-state index contributed by atoms with van der Waals surface area (Å²) >= 11 is 12.2. The molecule has 0 spiro atoms. The van der Waals surface area contributed by atoms with Crippen molar-refractivity contribution >= 4 is 35.0 Å². The van der Waals surface area contributed by atoms with Crippen LogP contribution in [0.1, 0.15) is 37.7 Å². The Morgan fingerprint density at radius 3 is 2.46 bits per heavy atom. The Morgan fingerprint density at radius 1 is 0.865 bits per heavy atom. The van der Waals surface area contributed by atoms with Crippen molar-refractivity contribution in [3.05, 3.63) is 111 Å². The number of aromatic nitrogens is 1. The number of nitrogens with zero attached hydrogens (tertiary/aromatic N) is 2. The Morgan fingerprint density at radius 2 is 1.65 bits per heavy atom. The van der Waals surface area contributed by atoms with Crippen molar-refractivity contribution in [2.24, 2.45) is 0 Å². The number of amides is 2. The second-order valence-corrected chi connectivity index (χ2v) is 9.14. The van der Waals surface area contributed by atoms with Crippen LogP contribution < -0.4 is 14.8 Å². The third kappa shape index (κ3) is 5.87. The minimum atomic E-state index is -0.405. The van der Waals surface area contributed by atoms with E-state index in [1.807, 2.05) is 18.2 Å². The molecule has 1 aromatic heterocycles. The molecular formula is C27H21Cl2N3O5. The number of hydrogen-bond donors (Lipinski definition) is 1. The van der Waals surface area contributed by atoms with E-state index in [-0.39, 0.29) is 38.0 Å². The van der Waals surface area contributed by atoms with E-state index in [4.69, 9.17) is 37.2 Å². The number of rotatable bonds is 8. The normalized spacial score (nSPS) is 11.8. The highest BCUT2D eigenvalue weighted by molar-refractivity contribution is 6.42. The third-order valence-electron chi connectivity index (χ3n) is 5.69. The molecule has 4 aromatic rings. The van der Waals surface area contributed by atoms with Crippen molar-refractivity contribution in [2.75, 3.05) is 6.79 Å². The van der Waals surface area contributed by atoms with Crippen LogP contribution in [0.3, 0.4) is 0 Å². The second kappa shape index (κ2) is 10.9. The lowest BCUT2D eigenvalue weighted by molar-refractivity contribution is 0.0713. The van der Waals surface area contributed by atoms with Crippen molar-refractivity contribution in [3.8, 4) is 11.5 Å². The van der Waals surface area contributed by atoms with Gasteiger partial charge in [0.15, 0.2) is 23.0 Å². The number of halogens is 2. The van der Waals surface area contributed by atoms with Crippen molar-refractivity contribution < 1.29 is 23.6 Å². The third-order valence-corrected chi connectivity index (χ3v) is 6.43. The molecule has 5 rings (SSSR count). The zero-order valence-corrected chi connectivity index (χ0v) is 21.0. The van der Waals surface area contributed by atoms with Crippen molar-refractivity contribution in [1.82, 2.24) is 15.4 Å². The van der Waals surface area contributed by atoms with Crippen LogP contribution in [0.25, 0.3) is 0 Å². The lowest BCUT2D eigenvalue weighted by Gasteiger charge is -2.22. The first-order chi connectivity index (χ1) is 18.0. The van der Waals surface area contributed by atoms with Crippen molar-refractivity contribution in [1.29, 1.82) is 0 Å². The topological polar surface area (TPSA) is 93.9 Å². The molecule has 8 nitrogen and oxygen atoms in total. The molecule has 3 aromatic carbocycles. The summed E-state index contributed by atoms with van der Waals surface area (Å²) in [4.78, 5) is 27.5. The van der Waals surface area contributed by atoms with Gasteiger partial charge in [-0.25, -0.2) is 0 Å². The zero-order chi connectivity index (χ0) is 25.8. The summed E-state index contributed by atoms with van der Waals surface area (Å²) in [5.74, 6) is 1.06. The number of hydrogen-bond acceptors (Lipinski definition) is 6. The summed E-state index contributed by atoms with van der Waals surface area (Å²) in [7, 11) is 0. The van der Waals surface area contributed by atoms with E-state index in [0.717, 1.165) is 11.1 Å². The molecular weight excluding hydrogens is 517 g/mol. The summed E-state index contributed by atoms with van der Waals surface area (Å²) < 4.78 is 16.1.